The summed E-state index contributed by atoms with van der Waals surface area (Å²) in [6, 6.07) is 0. The molecule has 0 spiro atoms. The molecule has 0 saturated carbocycles. The van der Waals surface area contributed by atoms with Crippen LogP contribution in [-0.2, 0) is 4.57 Å². The molecule has 0 aromatic heterocycles. The zero-order valence-electron chi connectivity index (χ0n) is 3.32. The fourth-order valence-electron chi connectivity index (χ4n) is 0. The molecule has 0 saturated heterocycles. The lowest BCUT2D eigenvalue weighted by molar-refractivity contribution is 0.595. The van der Waals surface area contributed by atoms with Crippen LogP contribution >= 0.6 is 28.3 Å². The summed E-state index contributed by atoms with van der Waals surface area (Å²) in [7, 11) is 0. The van der Waals surface area contributed by atoms with Crippen molar-refractivity contribution in [3.63, 3.8) is 0 Å². The van der Waals surface area contributed by atoms with Gasteiger partial charge >= 0.3 is 0 Å². The van der Waals surface area contributed by atoms with Gasteiger partial charge in [-0.3, -0.25) is 4.57 Å². The standard InChI is InChI=1S/CH3Cl2OP/c1-5(2,3)4/h1H3/i1T. The van der Waals surface area contributed by atoms with E-state index >= 15 is 0 Å². The summed E-state index contributed by atoms with van der Waals surface area (Å²) in [5.41, 5.74) is 0. The second kappa shape index (κ2) is 1.51. The Hall–Kier alpha value is 0.810. The third-order valence-corrected chi connectivity index (χ3v) is 0. The lowest BCUT2D eigenvalue weighted by atomic mass is 12.0. The lowest BCUT2D eigenvalue weighted by Crippen LogP contribution is -1.37. The van der Waals surface area contributed by atoms with Crippen LogP contribution in [0.1, 0.15) is 1.37 Å². The van der Waals surface area contributed by atoms with Gasteiger partial charge in [-0.25, -0.2) is 0 Å². The Balaban J connectivity index is 3.48. The van der Waals surface area contributed by atoms with Crippen molar-refractivity contribution in [3.8, 4) is 0 Å². The van der Waals surface area contributed by atoms with Crippen molar-refractivity contribution in [2.24, 2.45) is 0 Å². The lowest BCUT2D eigenvalue weighted by Gasteiger charge is -1.78. The Kier molecular flexibility index (Phi) is 1.20. The smallest absolute Gasteiger partial charge is 0.250 e. The average molecular weight is 135 g/mol. The molecule has 0 fully saturated rings. The van der Waals surface area contributed by atoms with Crippen molar-refractivity contribution in [3.05, 3.63) is 0 Å². The van der Waals surface area contributed by atoms with Gasteiger partial charge in [0.1, 0.15) is 0 Å². The highest BCUT2D eigenvalue weighted by Gasteiger charge is 1.98. The van der Waals surface area contributed by atoms with Crippen molar-refractivity contribution in [1.82, 2.24) is 0 Å². The molecule has 0 radical (unpaired) electrons. The Morgan fingerprint density at radius 2 is 2.20 bits per heavy atom. The van der Waals surface area contributed by atoms with E-state index in [2.05, 4.69) is 0 Å². The molecule has 4 heteroatoms. The molecule has 0 atom stereocenters. The van der Waals surface area contributed by atoms with Gasteiger partial charge < -0.3 is 0 Å². The summed E-state index contributed by atoms with van der Waals surface area (Å²) in [5, 5.41) is 0. The number of hydrogen-bond acceptors (Lipinski definition) is 1. The van der Waals surface area contributed by atoms with Gasteiger partial charge in [0.15, 0.2) is 0 Å². The normalized spacial score (nSPS) is 14.4. The summed E-state index contributed by atoms with van der Waals surface area (Å²) in [6.45, 7) is -0.393. The molecule has 32 valence electrons. The van der Waals surface area contributed by atoms with Gasteiger partial charge in [0.25, 0.3) is 0 Å². The zero-order chi connectivity index (χ0) is 5.21. The van der Waals surface area contributed by atoms with Crippen LogP contribution < -0.4 is 0 Å². The number of rotatable bonds is 0. The highest BCUT2D eigenvalue weighted by Crippen LogP contribution is 2.52. The molecule has 0 N–H and O–H groups in total. The maximum Gasteiger partial charge on any atom is 0.250 e. The minimum atomic E-state index is -3.04. The van der Waals surface area contributed by atoms with Gasteiger partial charge in [-0.2, -0.15) is 0 Å². The van der Waals surface area contributed by atoms with E-state index < -0.39 is 12.5 Å². The predicted molar refractivity (Wildman–Crippen MR) is 25.2 cm³/mol. The van der Waals surface area contributed by atoms with Gasteiger partial charge in [0, 0.05) is 8.01 Å². The Labute approximate surface area is 41.6 Å². The van der Waals surface area contributed by atoms with Crippen molar-refractivity contribution < 1.29 is 5.94 Å². The first kappa shape index (κ1) is 3.98. The first-order chi connectivity index (χ1) is 2.56. The summed E-state index contributed by atoms with van der Waals surface area (Å²) in [4.78, 5) is 0. The van der Waals surface area contributed by atoms with E-state index in [0.29, 0.717) is 0 Å². The van der Waals surface area contributed by atoms with Gasteiger partial charge in [0.2, 0.25) is 5.85 Å². The third kappa shape index (κ3) is 57.9. The number of hydrogen-bond donors (Lipinski definition) is 0. The molecule has 0 amide bonds. The summed E-state index contributed by atoms with van der Waals surface area (Å²) in [6.07, 6.45) is 0. The fourth-order valence-corrected chi connectivity index (χ4v) is 0. The van der Waals surface area contributed by atoms with Crippen LogP contribution in [0.3, 0.4) is 0 Å². The molecule has 0 rings (SSSR count). The van der Waals surface area contributed by atoms with E-state index in [1.165, 1.54) is 0 Å². The molecule has 0 aliphatic heterocycles. The molecule has 0 aliphatic rings. The summed E-state index contributed by atoms with van der Waals surface area (Å²) >= 11 is 9.70. The van der Waals surface area contributed by atoms with E-state index in [4.69, 9.17) is 23.9 Å². The van der Waals surface area contributed by atoms with Gasteiger partial charge in [-0.05, 0) is 22.5 Å². The zero-order valence-corrected chi connectivity index (χ0v) is 4.72. The van der Waals surface area contributed by atoms with Crippen LogP contribution in [0.25, 0.3) is 0 Å². The molecular formula is CH3Cl2OP. The molecule has 0 heterocycles. The van der Waals surface area contributed by atoms with Crippen LogP contribution in [0.5, 0.6) is 0 Å². The molecule has 0 aromatic carbocycles. The number of halogens is 2. The van der Waals surface area contributed by atoms with Gasteiger partial charge in [-0.15, -0.1) is 0 Å². The fraction of sp³-hybridized carbons (Fsp3) is 1.00. The van der Waals surface area contributed by atoms with Gasteiger partial charge in [-0.1, -0.05) is 0 Å². The highest BCUT2D eigenvalue weighted by atomic mass is 35.9. The molecule has 0 bridgehead atoms. The maximum atomic E-state index is 9.93. The predicted octanol–water partition coefficient (Wildman–Crippen LogP) is 2.29. The Morgan fingerprint density at radius 1 is 2.00 bits per heavy atom. The third-order valence-electron chi connectivity index (χ3n) is 0. The summed E-state index contributed by atoms with van der Waals surface area (Å²) < 4.78 is 16.3. The average Bonchev–Trinajstić information content (AvgIpc) is 1.35. The molecule has 0 aliphatic carbocycles. The first-order valence-corrected chi connectivity index (χ1v) is 4.54. The van der Waals surface area contributed by atoms with E-state index in [1.54, 1.807) is 0 Å². The van der Waals surface area contributed by atoms with Crippen LogP contribution in [0.2, 0.25) is 0 Å². The van der Waals surface area contributed by atoms with E-state index in [-0.39, 0.29) is 0 Å². The molecule has 0 aromatic rings. The highest BCUT2D eigenvalue weighted by molar-refractivity contribution is 8.08. The monoisotopic (exact) mass is 134 g/mol. The molecule has 5 heavy (non-hydrogen) atoms. The maximum absolute atomic E-state index is 9.93. The molecular weight excluding hydrogens is 130 g/mol. The van der Waals surface area contributed by atoms with Crippen LogP contribution in [0.15, 0.2) is 0 Å². The second-order valence-electron chi connectivity index (χ2n) is 0.570. The molecule has 1 nitrogen and oxygen atoms in total. The first-order valence-electron chi connectivity index (χ1n) is 1.54. The van der Waals surface area contributed by atoms with Crippen LogP contribution in [0, 0.1) is 0 Å². The minimum absolute atomic E-state index is 0.393. The SMILES string of the molecule is [3H]CP(=O)(Cl)Cl. The van der Waals surface area contributed by atoms with E-state index in [9.17, 15) is 4.57 Å². The summed E-state index contributed by atoms with van der Waals surface area (Å²) in [5.74, 6) is -3.04. The quantitative estimate of drug-likeness (QED) is 0.465. The molecule has 0 unspecified atom stereocenters. The van der Waals surface area contributed by atoms with Crippen molar-refractivity contribution in [2.45, 2.75) is 0 Å². The second-order valence-corrected chi connectivity index (χ2v) is 5.51. The Bertz CT molecular complexity index is 77.6. The topological polar surface area (TPSA) is 17.1 Å². The largest absolute Gasteiger partial charge is 0.290 e. The van der Waals surface area contributed by atoms with E-state index in [0.717, 1.165) is 0 Å². The Morgan fingerprint density at radius 3 is 2.20 bits per heavy atom. The van der Waals surface area contributed by atoms with Crippen molar-refractivity contribution in [1.29, 1.82) is 0 Å². The van der Waals surface area contributed by atoms with E-state index in [1.807, 2.05) is 0 Å². The van der Waals surface area contributed by atoms with Crippen LogP contribution in [-0.4, -0.2) is 6.64 Å². The van der Waals surface area contributed by atoms with Crippen molar-refractivity contribution >= 4 is 28.3 Å². The van der Waals surface area contributed by atoms with Crippen molar-refractivity contribution in [2.75, 3.05) is 6.64 Å². The minimum Gasteiger partial charge on any atom is -0.290 e. The van der Waals surface area contributed by atoms with Crippen LogP contribution in [0.4, 0.5) is 0 Å². The van der Waals surface area contributed by atoms with Gasteiger partial charge in [0.05, 0.1) is 0 Å².